The predicted octanol–water partition coefficient (Wildman–Crippen LogP) is 7.83. The average Bonchev–Trinajstić information content (AvgIpc) is 2.67. The number of allylic oxidation sites excluding steroid dienone is 1. The molecule has 150 valence electrons. The topological polar surface area (TPSA) is 0 Å². The minimum Gasteiger partial charge on any atom is -0.206 e. The molecule has 3 aromatic rings. The third-order valence-electron chi connectivity index (χ3n) is 4.56. The summed E-state index contributed by atoms with van der Waals surface area (Å²) in [5, 5.41) is 0. The highest BCUT2D eigenvalue weighted by atomic mass is 19.4. The lowest BCUT2D eigenvalue weighted by Crippen LogP contribution is -2.00. The summed E-state index contributed by atoms with van der Waals surface area (Å²) in [5.41, 5.74) is 3.00. The largest absolute Gasteiger partial charge is 0.409 e. The maximum absolute atomic E-state index is 14.7. The predicted molar refractivity (Wildman–Crippen MR) is 106 cm³/mol. The van der Waals surface area contributed by atoms with E-state index in [9.17, 15) is 22.0 Å². The second kappa shape index (κ2) is 8.60. The standard InChI is InChI=1S/C24H19F5/c1-2-3-16-4-6-17(7-5-16)19-10-11-21(23(26)14-19)20-9-8-18(22(25)15-20)12-13-24(27,28)29/h4-15H,2-3H2,1H3/b13-12+. The van der Waals surface area contributed by atoms with E-state index in [1.54, 1.807) is 12.1 Å². The Morgan fingerprint density at radius 3 is 1.97 bits per heavy atom. The first-order valence-corrected chi connectivity index (χ1v) is 9.21. The van der Waals surface area contributed by atoms with Crippen LogP contribution in [0.15, 0.2) is 66.7 Å². The van der Waals surface area contributed by atoms with Crippen LogP contribution in [0.3, 0.4) is 0 Å². The molecule has 5 heteroatoms. The molecule has 3 rings (SSSR count). The van der Waals surface area contributed by atoms with Gasteiger partial charge in [-0.05, 0) is 46.9 Å². The Morgan fingerprint density at radius 2 is 1.38 bits per heavy atom. The first-order valence-electron chi connectivity index (χ1n) is 9.21. The van der Waals surface area contributed by atoms with E-state index < -0.39 is 17.8 Å². The van der Waals surface area contributed by atoms with Gasteiger partial charge in [-0.25, -0.2) is 8.78 Å². The second-order valence-electron chi connectivity index (χ2n) is 6.75. The number of hydrogen-bond acceptors (Lipinski definition) is 0. The molecule has 0 nitrogen and oxygen atoms in total. The van der Waals surface area contributed by atoms with E-state index in [0.717, 1.165) is 24.5 Å². The summed E-state index contributed by atoms with van der Waals surface area (Å²) >= 11 is 0. The molecule has 0 unspecified atom stereocenters. The molecule has 0 heterocycles. The summed E-state index contributed by atoms with van der Waals surface area (Å²) in [6.45, 7) is 2.10. The molecule has 0 saturated carbocycles. The van der Waals surface area contributed by atoms with Gasteiger partial charge in [0.05, 0.1) is 0 Å². The molecule has 3 aromatic carbocycles. The summed E-state index contributed by atoms with van der Waals surface area (Å²) in [7, 11) is 0. The zero-order chi connectivity index (χ0) is 21.0. The highest BCUT2D eigenvalue weighted by Gasteiger charge is 2.22. The van der Waals surface area contributed by atoms with Crippen molar-refractivity contribution in [2.45, 2.75) is 25.9 Å². The van der Waals surface area contributed by atoms with Crippen LogP contribution < -0.4 is 0 Å². The Labute approximate surface area is 166 Å². The van der Waals surface area contributed by atoms with Crippen LogP contribution >= 0.6 is 0 Å². The third kappa shape index (κ3) is 5.31. The summed E-state index contributed by atoms with van der Waals surface area (Å²) in [6, 6.07) is 16.2. The highest BCUT2D eigenvalue weighted by Crippen LogP contribution is 2.30. The molecule has 0 atom stereocenters. The van der Waals surface area contributed by atoms with E-state index in [1.807, 2.05) is 24.3 Å². The number of alkyl halides is 3. The SMILES string of the molecule is CCCc1ccc(-c2ccc(-c3ccc(/C=C/C(F)(F)F)c(F)c3)c(F)c2)cc1. The van der Waals surface area contributed by atoms with Gasteiger partial charge < -0.3 is 0 Å². The van der Waals surface area contributed by atoms with Crippen LogP contribution in [0, 0.1) is 11.6 Å². The first-order chi connectivity index (χ1) is 13.8. The molecule has 0 saturated heterocycles. The lowest BCUT2D eigenvalue weighted by Gasteiger charge is -2.09. The fraction of sp³-hybridized carbons (Fsp3) is 0.167. The Morgan fingerprint density at radius 1 is 0.759 bits per heavy atom. The summed E-state index contributed by atoms with van der Waals surface area (Å²) in [4.78, 5) is 0. The van der Waals surface area contributed by atoms with Crippen LogP contribution in [0.1, 0.15) is 24.5 Å². The molecular formula is C24H19F5. The first kappa shape index (κ1) is 20.8. The molecule has 0 fully saturated rings. The van der Waals surface area contributed by atoms with Gasteiger partial charge in [0.25, 0.3) is 0 Å². The van der Waals surface area contributed by atoms with Gasteiger partial charge in [0.1, 0.15) is 11.6 Å². The lowest BCUT2D eigenvalue weighted by atomic mass is 9.97. The van der Waals surface area contributed by atoms with E-state index in [1.165, 1.54) is 23.8 Å². The minimum absolute atomic E-state index is 0.0355. The Kier molecular flexibility index (Phi) is 6.16. The molecule has 0 spiro atoms. The monoisotopic (exact) mass is 402 g/mol. The van der Waals surface area contributed by atoms with E-state index in [4.69, 9.17) is 0 Å². The van der Waals surface area contributed by atoms with Crippen molar-refractivity contribution in [1.82, 2.24) is 0 Å². The zero-order valence-electron chi connectivity index (χ0n) is 15.7. The van der Waals surface area contributed by atoms with Crippen LogP contribution in [0.25, 0.3) is 28.3 Å². The molecule has 0 amide bonds. The maximum Gasteiger partial charge on any atom is 0.409 e. The van der Waals surface area contributed by atoms with Gasteiger partial charge in [0.15, 0.2) is 0 Å². The number of hydrogen-bond donors (Lipinski definition) is 0. The molecule has 0 aliphatic rings. The fourth-order valence-electron chi connectivity index (χ4n) is 3.10. The maximum atomic E-state index is 14.7. The Bertz CT molecular complexity index is 1010. The van der Waals surface area contributed by atoms with Crippen molar-refractivity contribution >= 4 is 6.08 Å². The fourth-order valence-corrected chi connectivity index (χ4v) is 3.10. The van der Waals surface area contributed by atoms with Crippen LogP contribution in [-0.4, -0.2) is 6.18 Å². The lowest BCUT2D eigenvalue weighted by molar-refractivity contribution is -0.0790. The van der Waals surface area contributed by atoms with Gasteiger partial charge in [-0.15, -0.1) is 0 Å². The van der Waals surface area contributed by atoms with E-state index in [2.05, 4.69) is 6.92 Å². The number of halogens is 5. The van der Waals surface area contributed by atoms with Crippen molar-refractivity contribution in [3.05, 3.63) is 89.5 Å². The second-order valence-corrected chi connectivity index (χ2v) is 6.75. The third-order valence-corrected chi connectivity index (χ3v) is 4.56. The van der Waals surface area contributed by atoms with Crippen molar-refractivity contribution in [2.24, 2.45) is 0 Å². The van der Waals surface area contributed by atoms with Crippen LogP contribution in [0.4, 0.5) is 22.0 Å². The van der Waals surface area contributed by atoms with Gasteiger partial charge in [-0.1, -0.05) is 61.9 Å². The smallest absolute Gasteiger partial charge is 0.206 e. The Balaban J connectivity index is 1.86. The molecule has 29 heavy (non-hydrogen) atoms. The minimum atomic E-state index is -4.53. The van der Waals surface area contributed by atoms with Crippen LogP contribution in [0.5, 0.6) is 0 Å². The molecular weight excluding hydrogens is 383 g/mol. The van der Waals surface area contributed by atoms with Crippen LogP contribution in [0.2, 0.25) is 0 Å². The van der Waals surface area contributed by atoms with Gasteiger partial charge in [0, 0.05) is 17.2 Å². The summed E-state index contributed by atoms with van der Waals surface area (Å²) in [5.74, 6) is -1.38. The zero-order valence-corrected chi connectivity index (χ0v) is 15.7. The molecule has 0 N–H and O–H groups in total. The van der Waals surface area contributed by atoms with Gasteiger partial charge in [-0.3, -0.25) is 0 Å². The number of benzene rings is 3. The van der Waals surface area contributed by atoms with Crippen molar-refractivity contribution in [3.63, 3.8) is 0 Å². The highest BCUT2D eigenvalue weighted by molar-refractivity contribution is 5.72. The van der Waals surface area contributed by atoms with E-state index in [0.29, 0.717) is 11.6 Å². The van der Waals surface area contributed by atoms with Gasteiger partial charge >= 0.3 is 6.18 Å². The van der Waals surface area contributed by atoms with Crippen molar-refractivity contribution < 1.29 is 22.0 Å². The van der Waals surface area contributed by atoms with Crippen molar-refractivity contribution in [3.8, 4) is 22.3 Å². The van der Waals surface area contributed by atoms with Crippen molar-refractivity contribution in [1.29, 1.82) is 0 Å². The summed E-state index contributed by atoms with van der Waals surface area (Å²) in [6.07, 6.45) is -1.88. The quantitative estimate of drug-likeness (QED) is 0.382. The number of aryl methyl sites for hydroxylation is 1. The molecule has 0 aromatic heterocycles. The summed E-state index contributed by atoms with van der Waals surface area (Å²) < 4.78 is 65.6. The molecule has 0 radical (unpaired) electrons. The molecule has 0 aliphatic carbocycles. The normalized spacial score (nSPS) is 11.9. The van der Waals surface area contributed by atoms with E-state index >= 15 is 0 Å². The number of rotatable bonds is 5. The van der Waals surface area contributed by atoms with Gasteiger partial charge in [0.2, 0.25) is 0 Å². The Hall–Kier alpha value is -2.95. The molecule has 0 aliphatic heterocycles. The average molecular weight is 402 g/mol. The van der Waals surface area contributed by atoms with E-state index in [-0.39, 0.29) is 22.8 Å². The molecule has 0 bridgehead atoms. The van der Waals surface area contributed by atoms with Crippen molar-refractivity contribution in [2.75, 3.05) is 0 Å². The van der Waals surface area contributed by atoms with Gasteiger partial charge in [-0.2, -0.15) is 13.2 Å². The van der Waals surface area contributed by atoms with Crippen LogP contribution in [-0.2, 0) is 6.42 Å².